The number of rotatable bonds is 6. The molecule has 3 unspecified atom stereocenters. The van der Waals surface area contributed by atoms with E-state index in [1.54, 1.807) is 20.8 Å². The summed E-state index contributed by atoms with van der Waals surface area (Å²) in [6.45, 7) is 4.97. The molecule has 0 radical (unpaired) electrons. The summed E-state index contributed by atoms with van der Waals surface area (Å²) < 4.78 is 11.8. The number of aliphatic carboxylic acids is 1. The average Bonchev–Trinajstić information content (AvgIpc) is 2.02. The zero-order valence-corrected chi connectivity index (χ0v) is 9.91. The lowest BCUT2D eigenvalue weighted by Gasteiger charge is -2.19. The van der Waals surface area contributed by atoms with Crippen LogP contribution in [-0.2, 0) is 20.4 Å². The van der Waals surface area contributed by atoms with E-state index in [-0.39, 0.29) is 5.92 Å². The molecule has 88 valence electrons. The number of hydrogen-bond donors (Lipinski definition) is 2. The van der Waals surface area contributed by atoms with Crippen molar-refractivity contribution in [2.45, 2.75) is 37.7 Å². The van der Waals surface area contributed by atoms with Crippen molar-refractivity contribution >= 4 is 22.7 Å². The minimum absolute atomic E-state index is 0.290. The number of nitrogens with two attached hydrogens (primary N) is 1. The molecular formula is C9H17NO4S. The normalized spacial score (nSPS) is 17.1. The molecule has 0 saturated heterocycles. The summed E-state index contributed by atoms with van der Waals surface area (Å²) in [5, 5.41) is 6.97. The highest BCUT2D eigenvalue weighted by Gasteiger charge is 2.34. The fourth-order valence-electron chi connectivity index (χ4n) is 1.31. The van der Waals surface area contributed by atoms with Gasteiger partial charge in [0, 0.05) is 10.8 Å². The van der Waals surface area contributed by atoms with E-state index >= 15 is 0 Å². The first-order valence-corrected chi connectivity index (χ1v) is 6.02. The number of carbonyl (C=O) groups is 2. The quantitative estimate of drug-likeness (QED) is 0.682. The number of carboxylic acid groups (broad SMARTS) is 1. The molecule has 3 N–H and O–H groups in total. The molecule has 0 rings (SSSR count). The summed E-state index contributed by atoms with van der Waals surface area (Å²) in [6, 6.07) is 0. The molecule has 0 heterocycles. The first kappa shape index (κ1) is 14.1. The van der Waals surface area contributed by atoms with Crippen molar-refractivity contribution in [1.29, 1.82) is 0 Å². The fraction of sp³-hybridized carbons (Fsp3) is 0.778. The molecule has 0 spiro atoms. The fourth-order valence-corrected chi connectivity index (χ4v) is 2.96. The molecule has 0 bridgehead atoms. The van der Waals surface area contributed by atoms with Gasteiger partial charge in [0.05, 0.1) is 0 Å². The van der Waals surface area contributed by atoms with Crippen LogP contribution in [0.3, 0.4) is 0 Å². The van der Waals surface area contributed by atoms with Crippen LogP contribution in [0.5, 0.6) is 0 Å². The highest BCUT2D eigenvalue weighted by molar-refractivity contribution is 7.87. The van der Waals surface area contributed by atoms with E-state index in [4.69, 9.17) is 10.8 Å². The Bertz CT molecular complexity index is 277. The Morgan fingerprint density at radius 1 is 1.40 bits per heavy atom. The second-order valence-corrected chi connectivity index (χ2v) is 5.36. The van der Waals surface area contributed by atoms with Crippen molar-refractivity contribution in [2.24, 2.45) is 11.7 Å². The van der Waals surface area contributed by atoms with Gasteiger partial charge in [0.1, 0.15) is 10.5 Å². The SMILES string of the molecule is CCC(C(N)=O)S(=O)C(C(=O)O)C(C)C. The van der Waals surface area contributed by atoms with Crippen LogP contribution in [0.4, 0.5) is 0 Å². The first-order chi connectivity index (χ1) is 6.82. The third kappa shape index (κ3) is 3.62. The molecule has 0 aromatic rings. The van der Waals surface area contributed by atoms with Gasteiger partial charge < -0.3 is 10.8 Å². The number of hydrogen-bond acceptors (Lipinski definition) is 3. The van der Waals surface area contributed by atoms with Gasteiger partial charge in [0.2, 0.25) is 5.91 Å². The van der Waals surface area contributed by atoms with Gasteiger partial charge in [-0.25, -0.2) is 0 Å². The van der Waals surface area contributed by atoms with E-state index in [0.717, 1.165) is 0 Å². The summed E-state index contributed by atoms with van der Waals surface area (Å²) in [5.41, 5.74) is 5.06. The van der Waals surface area contributed by atoms with E-state index < -0.39 is 33.2 Å². The summed E-state index contributed by atoms with van der Waals surface area (Å²) in [4.78, 5) is 21.8. The lowest BCUT2D eigenvalue weighted by Crippen LogP contribution is -2.42. The van der Waals surface area contributed by atoms with Gasteiger partial charge in [0.25, 0.3) is 0 Å². The number of carboxylic acids is 1. The molecule has 0 aliphatic carbocycles. The lowest BCUT2D eigenvalue weighted by atomic mass is 10.1. The minimum Gasteiger partial charge on any atom is -0.480 e. The topological polar surface area (TPSA) is 97.5 Å². The van der Waals surface area contributed by atoms with E-state index in [9.17, 15) is 13.8 Å². The van der Waals surface area contributed by atoms with Gasteiger partial charge in [-0.1, -0.05) is 20.8 Å². The van der Waals surface area contributed by atoms with Crippen molar-refractivity contribution in [2.75, 3.05) is 0 Å². The predicted molar refractivity (Wildman–Crippen MR) is 57.7 cm³/mol. The maximum absolute atomic E-state index is 11.8. The molecule has 0 fully saturated rings. The zero-order chi connectivity index (χ0) is 12.2. The van der Waals surface area contributed by atoms with Crippen LogP contribution in [0.25, 0.3) is 0 Å². The van der Waals surface area contributed by atoms with E-state index in [1.165, 1.54) is 0 Å². The highest BCUT2D eigenvalue weighted by atomic mass is 32.2. The van der Waals surface area contributed by atoms with Gasteiger partial charge in [-0.05, 0) is 12.3 Å². The number of carbonyl (C=O) groups excluding carboxylic acids is 1. The second-order valence-electron chi connectivity index (χ2n) is 3.63. The first-order valence-electron chi connectivity index (χ1n) is 4.74. The van der Waals surface area contributed by atoms with Crippen molar-refractivity contribution in [3.8, 4) is 0 Å². The summed E-state index contributed by atoms with van der Waals surface area (Å²) in [7, 11) is -1.76. The largest absolute Gasteiger partial charge is 0.480 e. The third-order valence-corrected chi connectivity index (χ3v) is 4.44. The Balaban J connectivity index is 4.92. The van der Waals surface area contributed by atoms with Gasteiger partial charge in [-0.3, -0.25) is 13.8 Å². The van der Waals surface area contributed by atoms with Crippen LogP contribution in [0.15, 0.2) is 0 Å². The van der Waals surface area contributed by atoms with Crippen molar-refractivity contribution < 1.29 is 18.9 Å². The van der Waals surface area contributed by atoms with Gasteiger partial charge in [-0.15, -0.1) is 0 Å². The summed E-state index contributed by atoms with van der Waals surface area (Å²) in [6.07, 6.45) is 0.290. The Morgan fingerprint density at radius 2 is 1.87 bits per heavy atom. The van der Waals surface area contributed by atoms with E-state index in [2.05, 4.69) is 0 Å². The molecule has 6 heteroatoms. The molecule has 0 aliphatic rings. The lowest BCUT2D eigenvalue weighted by molar-refractivity contribution is -0.137. The predicted octanol–water partition coefficient (Wildman–Crippen LogP) is 0.108. The van der Waals surface area contributed by atoms with Gasteiger partial charge >= 0.3 is 5.97 Å². The summed E-state index contributed by atoms with van der Waals surface area (Å²) in [5.74, 6) is -2.15. The Hall–Kier alpha value is -0.910. The van der Waals surface area contributed by atoms with E-state index in [0.29, 0.717) is 6.42 Å². The third-order valence-electron chi connectivity index (χ3n) is 2.07. The summed E-state index contributed by atoms with van der Waals surface area (Å²) >= 11 is 0. The van der Waals surface area contributed by atoms with Crippen molar-refractivity contribution in [3.05, 3.63) is 0 Å². The molecule has 0 saturated carbocycles. The molecule has 15 heavy (non-hydrogen) atoms. The Labute approximate surface area is 91.5 Å². The smallest absolute Gasteiger partial charge is 0.319 e. The number of amides is 1. The molecular weight excluding hydrogens is 218 g/mol. The van der Waals surface area contributed by atoms with Gasteiger partial charge in [0.15, 0.2) is 0 Å². The van der Waals surface area contributed by atoms with Crippen LogP contribution < -0.4 is 5.73 Å². The monoisotopic (exact) mass is 235 g/mol. The highest BCUT2D eigenvalue weighted by Crippen LogP contribution is 2.15. The second kappa shape index (κ2) is 5.85. The van der Waals surface area contributed by atoms with Gasteiger partial charge in [-0.2, -0.15) is 0 Å². The minimum atomic E-state index is -1.76. The van der Waals surface area contributed by atoms with Crippen LogP contribution in [0.1, 0.15) is 27.2 Å². The maximum Gasteiger partial charge on any atom is 0.319 e. The molecule has 3 atom stereocenters. The van der Waals surface area contributed by atoms with Crippen LogP contribution in [0, 0.1) is 5.92 Å². The molecule has 5 nitrogen and oxygen atoms in total. The van der Waals surface area contributed by atoms with Crippen molar-refractivity contribution in [3.63, 3.8) is 0 Å². The molecule has 0 aromatic heterocycles. The standard InChI is InChI=1S/C9H17NO4S/c1-4-6(8(10)11)15(14)7(5(2)3)9(12)13/h5-7H,4H2,1-3H3,(H2,10,11)(H,12,13). The Morgan fingerprint density at radius 3 is 2.07 bits per heavy atom. The molecule has 1 amide bonds. The average molecular weight is 235 g/mol. The maximum atomic E-state index is 11.8. The number of primary amides is 1. The van der Waals surface area contributed by atoms with Crippen LogP contribution in [0.2, 0.25) is 0 Å². The van der Waals surface area contributed by atoms with E-state index in [1.807, 2.05) is 0 Å². The van der Waals surface area contributed by atoms with Crippen LogP contribution >= 0.6 is 0 Å². The van der Waals surface area contributed by atoms with Crippen molar-refractivity contribution in [1.82, 2.24) is 0 Å². The molecule has 0 aromatic carbocycles. The Kier molecular flexibility index (Phi) is 5.49. The molecule has 0 aliphatic heterocycles. The zero-order valence-electron chi connectivity index (χ0n) is 9.10. The van der Waals surface area contributed by atoms with Crippen LogP contribution in [-0.4, -0.2) is 31.7 Å².